The lowest BCUT2D eigenvalue weighted by atomic mass is 9.95. The molecule has 8 nitrogen and oxygen atoms in total. The summed E-state index contributed by atoms with van der Waals surface area (Å²) in [6.45, 7) is 4.29. The quantitative estimate of drug-likeness (QED) is 0.683. The van der Waals surface area contributed by atoms with Crippen LogP contribution < -0.4 is 4.90 Å². The third-order valence-corrected chi connectivity index (χ3v) is 8.34. The van der Waals surface area contributed by atoms with Crippen LogP contribution in [-0.2, 0) is 19.5 Å². The minimum Gasteiger partial charge on any atom is -0.371 e. The molecule has 0 aliphatic carbocycles. The molecule has 4 rings (SSSR count). The molecular formula is C22H33N3O5S. The maximum atomic E-state index is 13.6. The van der Waals surface area contributed by atoms with E-state index in [1.54, 1.807) is 12.1 Å². The molecule has 9 heteroatoms. The van der Waals surface area contributed by atoms with Crippen molar-refractivity contribution in [3.63, 3.8) is 0 Å². The van der Waals surface area contributed by atoms with Gasteiger partial charge < -0.3 is 19.3 Å². The van der Waals surface area contributed by atoms with Gasteiger partial charge in [-0.05, 0) is 50.3 Å². The van der Waals surface area contributed by atoms with Crippen molar-refractivity contribution in [3.8, 4) is 0 Å². The van der Waals surface area contributed by atoms with Crippen molar-refractivity contribution < 1.29 is 22.7 Å². The molecular weight excluding hydrogens is 418 g/mol. The van der Waals surface area contributed by atoms with Gasteiger partial charge in [-0.25, -0.2) is 12.7 Å². The molecule has 0 unspecified atom stereocenters. The van der Waals surface area contributed by atoms with Gasteiger partial charge in [0, 0.05) is 51.9 Å². The summed E-state index contributed by atoms with van der Waals surface area (Å²) in [4.78, 5) is 17.8. The molecule has 31 heavy (non-hydrogen) atoms. The number of hydrogen-bond acceptors (Lipinski definition) is 6. The van der Waals surface area contributed by atoms with Crippen LogP contribution in [0.4, 0.5) is 5.69 Å². The average Bonchev–Trinajstić information content (AvgIpc) is 3.34. The zero-order valence-corrected chi connectivity index (χ0v) is 19.3. The highest BCUT2D eigenvalue weighted by atomic mass is 32.2. The van der Waals surface area contributed by atoms with Crippen LogP contribution in [-0.4, -0.2) is 83.3 Å². The van der Waals surface area contributed by atoms with Crippen LogP contribution >= 0.6 is 0 Å². The highest BCUT2D eigenvalue weighted by Crippen LogP contribution is 2.31. The summed E-state index contributed by atoms with van der Waals surface area (Å²) >= 11 is 0. The normalized spacial score (nSPS) is 21.8. The summed E-state index contributed by atoms with van der Waals surface area (Å²) in [6.07, 6.45) is 4.84. The first kappa shape index (κ1) is 22.5. The highest BCUT2D eigenvalue weighted by molar-refractivity contribution is 7.89. The minimum atomic E-state index is -3.62. The standard InChI is InChI=1S/C22H33N3O5S/c1-23(2)31(27,28)18-6-7-20(24-10-4-3-5-11-24)19(16-18)21(26)25-12-8-17(9-13-25)22-29-14-15-30-22/h6-7,16-17,22H,3-5,8-15H2,1-2H3. The lowest BCUT2D eigenvalue weighted by molar-refractivity contribution is -0.0956. The Morgan fingerprint density at radius 3 is 2.26 bits per heavy atom. The zero-order chi connectivity index (χ0) is 22.0. The van der Waals surface area contributed by atoms with E-state index >= 15 is 0 Å². The number of anilines is 1. The molecule has 0 spiro atoms. The van der Waals surface area contributed by atoms with E-state index < -0.39 is 10.0 Å². The number of likely N-dealkylation sites (tertiary alicyclic amines) is 1. The first-order chi connectivity index (χ1) is 14.9. The lowest BCUT2D eigenvalue weighted by Crippen LogP contribution is -2.42. The fraction of sp³-hybridized carbons (Fsp3) is 0.682. The van der Waals surface area contributed by atoms with Crippen LogP contribution in [0.25, 0.3) is 0 Å². The van der Waals surface area contributed by atoms with Crippen LogP contribution in [0.3, 0.4) is 0 Å². The van der Waals surface area contributed by atoms with Crippen LogP contribution in [0.1, 0.15) is 42.5 Å². The summed E-state index contributed by atoms with van der Waals surface area (Å²) in [6, 6.07) is 5.00. The Kier molecular flexibility index (Phi) is 6.86. The van der Waals surface area contributed by atoms with Gasteiger partial charge in [0.1, 0.15) is 0 Å². The van der Waals surface area contributed by atoms with E-state index in [0.29, 0.717) is 37.8 Å². The molecule has 1 amide bonds. The van der Waals surface area contributed by atoms with E-state index in [-0.39, 0.29) is 17.1 Å². The molecule has 0 atom stereocenters. The van der Waals surface area contributed by atoms with Gasteiger partial charge in [0.25, 0.3) is 5.91 Å². The maximum absolute atomic E-state index is 13.6. The second kappa shape index (κ2) is 9.44. The predicted molar refractivity (Wildman–Crippen MR) is 118 cm³/mol. The van der Waals surface area contributed by atoms with Crippen molar-refractivity contribution in [2.45, 2.75) is 43.3 Å². The molecule has 1 aromatic rings. The van der Waals surface area contributed by atoms with Gasteiger partial charge >= 0.3 is 0 Å². The number of nitrogens with zero attached hydrogens (tertiary/aromatic N) is 3. The second-order valence-corrected chi connectivity index (χ2v) is 10.9. The second-order valence-electron chi connectivity index (χ2n) is 8.75. The van der Waals surface area contributed by atoms with Crippen LogP contribution in [0.2, 0.25) is 0 Å². The number of benzene rings is 1. The molecule has 172 valence electrons. The van der Waals surface area contributed by atoms with Gasteiger partial charge in [-0.15, -0.1) is 0 Å². The fourth-order valence-electron chi connectivity index (χ4n) is 4.66. The number of sulfonamides is 1. The highest BCUT2D eigenvalue weighted by Gasteiger charge is 2.33. The van der Waals surface area contributed by atoms with Crippen molar-refractivity contribution in [1.82, 2.24) is 9.21 Å². The number of carbonyl (C=O) groups excluding carboxylic acids is 1. The topological polar surface area (TPSA) is 79.4 Å². The Morgan fingerprint density at radius 2 is 1.65 bits per heavy atom. The van der Waals surface area contributed by atoms with Gasteiger partial charge in [0.15, 0.2) is 6.29 Å². The third kappa shape index (κ3) is 4.74. The Labute approximate surface area is 185 Å². The van der Waals surface area contributed by atoms with E-state index in [0.717, 1.165) is 44.5 Å². The van der Waals surface area contributed by atoms with E-state index in [2.05, 4.69) is 4.90 Å². The molecule has 3 aliphatic heterocycles. The van der Waals surface area contributed by atoms with Gasteiger partial charge in [0.05, 0.1) is 23.7 Å². The van der Waals surface area contributed by atoms with Crippen molar-refractivity contribution >= 4 is 21.6 Å². The number of piperidine rings is 2. The Hall–Kier alpha value is -1.68. The van der Waals surface area contributed by atoms with Crippen molar-refractivity contribution in [1.29, 1.82) is 0 Å². The van der Waals surface area contributed by atoms with Gasteiger partial charge in [-0.2, -0.15) is 0 Å². The lowest BCUT2D eigenvalue weighted by Gasteiger charge is -2.35. The van der Waals surface area contributed by atoms with Gasteiger partial charge in [0.2, 0.25) is 10.0 Å². The number of carbonyl (C=O) groups is 1. The predicted octanol–water partition coefficient (Wildman–Crippen LogP) is 2.15. The molecule has 3 aliphatic rings. The molecule has 0 radical (unpaired) electrons. The van der Waals surface area contributed by atoms with E-state index in [9.17, 15) is 13.2 Å². The largest absolute Gasteiger partial charge is 0.371 e. The summed E-state index contributed by atoms with van der Waals surface area (Å²) in [5.41, 5.74) is 1.32. The Balaban J connectivity index is 1.58. The van der Waals surface area contributed by atoms with Gasteiger partial charge in [-0.1, -0.05) is 0 Å². The number of hydrogen-bond donors (Lipinski definition) is 0. The van der Waals surface area contributed by atoms with E-state index in [4.69, 9.17) is 9.47 Å². The zero-order valence-electron chi connectivity index (χ0n) is 18.5. The number of rotatable bonds is 5. The number of amides is 1. The Morgan fingerprint density at radius 1 is 1.00 bits per heavy atom. The summed E-state index contributed by atoms with van der Waals surface area (Å²) in [5.74, 6) is 0.205. The van der Waals surface area contributed by atoms with Crippen LogP contribution in [0.15, 0.2) is 23.1 Å². The molecule has 0 saturated carbocycles. The molecule has 0 N–H and O–H groups in total. The first-order valence-electron chi connectivity index (χ1n) is 11.2. The van der Waals surface area contributed by atoms with E-state index in [1.165, 1.54) is 24.8 Å². The molecule has 1 aromatic carbocycles. The number of ether oxygens (including phenoxy) is 2. The minimum absolute atomic E-state index is 0.0944. The van der Waals surface area contributed by atoms with Crippen molar-refractivity contribution in [2.75, 3.05) is 58.4 Å². The van der Waals surface area contributed by atoms with Gasteiger partial charge in [-0.3, -0.25) is 4.79 Å². The fourth-order valence-corrected chi connectivity index (χ4v) is 5.59. The Bertz CT molecular complexity index is 884. The monoisotopic (exact) mass is 451 g/mol. The van der Waals surface area contributed by atoms with Crippen LogP contribution in [0.5, 0.6) is 0 Å². The summed E-state index contributed by atoms with van der Waals surface area (Å²) < 4.78 is 37.9. The first-order valence-corrected chi connectivity index (χ1v) is 12.7. The summed E-state index contributed by atoms with van der Waals surface area (Å²) in [7, 11) is -0.605. The van der Waals surface area contributed by atoms with Crippen LogP contribution in [0, 0.1) is 5.92 Å². The average molecular weight is 452 g/mol. The third-order valence-electron chi connectivity index (χ3n) is 6.53. The van der Waals surface area contributed by atoms with E-state index in [1.807, 2.05) is 11.0 Å². The molecule has 3 saturated heterocycles. The summed E-state index contributed by atoms with van der Waals surface area (Å²) in [5, 5.41) is 0. The molecule has 0 bridgehead atoms. The maximum Gasteiger partial charge on any atom is 0.256 e. The molecule has 3 fully saturated rings. The van der Waals surface area contributed by atoms with Crippen molar-refractivity contribution in [3.05, 3.63) is 23.8 Å². The SMILES string of the molecule is CN(C)S(=O)(=O)c1ccc(N2CCCCC2)c(C(=O)N2CCC(C3OCCO3)CC2)c1. The molecule has 3 heterocycles. The smallest absolute Gasteiger partial charge is 0.256 e. The molecule has 0 aromatic heterocycles. The van der Waals surface area contributed by atoms with Crippen molar-refractivity contribution in [2.24, 2.45) is 5.92 Å².